The fraction of sp³-hybridized carbons (Fsp3) is 0.810. The molecular weight excluding hydrogens is 360 g/mol. The Balaban J connectivity index is 2.50. The number of aliphatic carboxylic acids is 1. The molecule has 27 heavy (non-hydrogen) atoms. The summed E-state index contributed by atoms with van der Waals surface area (Å²) in [5, 5.41) is 9.55. The molecule has 4 unspecified atom stereocenters. The van der Waals surface area contributed by atoms with Crippen LogP contribution in [0.4, 0.5) is 0 Å². The van der Waals surface area contributed by atoms with Crippen molar-refractivity contribution >= 4 is 20.1 Å². The first-order valence-electron chi connectivity index (χ1n) is 9.97. The molecule has 1 aliphatic heterocycles. The van der Waals surface area contributed by atoms with Gasteiger partial charge in [-0.05, 0) is 56.7 Å². The number of hydrogen-bond acceptors (Lipinski definition) is 4. The fourth-order valence-corrected chi connectivity index (χ4v) is 5.49. The molecule has 6 heteroatoms. The molecule has 1 N–H and O–H groups in total. The predicted molar refractivity (Wildman–Crippen MR) is 108 cm³/mol. The highest BCUT2D eigenvalue weighted by Crippen LogP contribution is 2.50. The standard InChI is InChI=1S/C21H36O5Si/c1-12(2)14-10-15-18(22)17(19(23)24)13(3)25-21(15,7)16(11-14)26-27(8,9)20(4,5)6/h12,14-16H,10-11H2,1-9H3,(H,23,24). The van der Waals surface area contributed by atoms with Crippen LogP contribution in [0.15, 0.2) is 11.3 Å². The summed E-state index contributed by atoms with van der Waals surface area (Å²) in [5.41, 5.74) is -1.02. The zero-order chi connectivity index (χ0) is 20.9. The summed E-state index contributed by atoms with van der Waals surface area (Å²) in [6.45, 7) is 18.8. The van der Waals surface area contributed by atoms with E-state index in [2.05, 4.69) is 47.7 Å². The number of carboxylic acids is 1. The number of ketones is 1. The first kappa shape index (κ1) is 22.1. The fourth-order valence-electron chi connectivity index (χ4n) is 4.10. The third-order valence-electron chi connectivity index (χ3n) is 7.07. The highest BCUT2D eigenvalue weighted by Gasteiger charge is 2.58. The van der Waals surface area contributed by atoms with Gasteiger partial charge in [0.15, 0.2) is 14.1 Å². The van der Waals surface area contributed by atoms with Crippen LogP contribution in [-0.4, -0.2) is 36.9 Å². The molecule has 1 fully saturated rings. The zero-order valence-corrected chi connectivity index (χ0v) is 19.3. The molecule has 2 aliphatic rings. The van der Waals surface area contributed by atoms with Gasteiger partial charge in [-0.3, -0.25) is 4.79 Å². The monoisotopic (exact) mass is 396 g/mol. The van der Waals surface area contributed by atoms with Gasteiger partial charge < -0.3 is 14.3 Å². The second kappa shape index (κ2) is 7.03. The Morgan fingerprint density at radius 1 is 1.30 bits per heavy atom. The van der Waals surface area contributed by atoms with Crippen molar-refractivity contribution in [2.24, 2.45) is 17.8 Å². The van der Waals surface area contributed by atoms with Gasteiger partial charge in [0.2, 0.25) is 0 Å². The van der Waals surface area contributed by atoms with Crippen LogP contribution >= 0.6 is 0 Å². The van der Waals surface area contributed by atoms with Crippen molar-refractivity contribution in [1.29, 1.82) is 0 Å². The number of Topliss-reactive ketones (excluding diaryl/α,β-unsaturated/α-hetero) is 1. The van der Waals surface area contributed by atoms with Crippen LogP contribution in [0.1, 0.15) is 61.3 Å². The molecule has 5 nitrogen and oxygen atoms in total. The molecule has 0 radical (unpaired) electrons. The van der Waals surface area contributed by atoms with Gasteiger partial charge >= 0.3 is 5.97 Å². The van der Waals surface area contributed by atoms with Crippen LogP contribution in [0, 0.1) is 17.8 Å². The van der Waals surface area contributed by atoms with Crippen LogP contribution in [0.5, 0.6) is 0 Å². The van der Waals surface area contributed by atoms with Gasteiger partial charge in [0.05, 0.1) is 12.0 Å². The van der Waals surface area contributed by atoms with Crippen LogP contribution in [0.25, 0.3) is 0 Å². The van der Waals surface area contributed by atoms with E-state index < -0.39 is 25.8 Å². The number of rotatable bonds is 4. The molecule has 0 aromatic heterocycles. The molecule has 0 aromatic carbocycles. The molecule has 2 rings (SSSR count). The lowest BCUT2D eigenvalue weighted by molar-refractivity contribution is -0.171. The normalized spacial score (nSPS) is 32.4. The lowest BCUT2D eigenvalue weighted by atomic mass is 9.64. The molecule has 154 valence electrons. The predicted octanol–water partition coefficient (Wildman–Crippen LogP) is 4.78. The largest absolute Gasteiger partial charge is 0.488 e. The molecule has 0 bridgehead atoms. The van der Waals surface area contributed by atoms with Crippen molar-refractivity contribution in [3.63, 3.8) is 0 Å². The van der Waals surface area contributed by atoms with Crippen molar-refractivity contribution in [2.75, 3.05) is 0 Å². The zero-order valence-electron chi connectivity index (χ0n) is 18.3. The second-order valence-electron chi connectivity index (χ2n) is 10.3. The Labute approximate surface area is 164 Å². The van der Waals surface area contributed by atoms with E-state index in [0.29, 0.717) is 18.3 Å². The third-order valence-corrected chi connectivity index (χ3v) is 11.6. The van der Waals surface area contributed by atoms with E-state index in [0.717, 1.165) is 6.42 Å². The lowest BCUT2D eigenvalue weighted by Gasteiger charge is -2.54. The first-order chi connectivity index (χ1) is 12.1. The van der Waals surface area contributed by atoms with Crippen molar-refractivity contribution in [3.05, 3.63) is 11.3 Å². The maximum Gasteiger partial charge on any atom is 0.342 e. The number of carbonyl (C=O) groups is 2. The minimum atomic E-state index is -2.09. The summed E-state index contributed by atoms with van der Waals surface area (Å²) < 4.78 is 13.0. The molecule has 1 saturated carbocycles. The van der Waals surface area contributed by atoms with Crippen LogP contribution in [-0.2, 0) is 18.8 Å². The maximum absolute atomic E-state index is 13.1. The van der Waals surface area contributed by atoms with E-state index in [1.165, 1.54) is 0 Å². The maximum atomic E-state index is 13.1. The summed E-state index contributed by atoms with van der Waals surface area (Å²) in [6, 6.07) is 0. The SMILES string of the molecule is CC1=C(C(=O)O)C(=O)C2CC(C(C)C)CC(O[Si](C)(C)C(C)(C)C)C2(C)O1. The smallest absolute Gasteiger partial charge is 0.342 e. The third kappa shape index (κ3) is 3.88. The molecule has 0 amide bonds. The van der Waals surface area contributed by atoms with E-state index in [4.69, 9.17) is 9.16 Å². The van der Waals surface area contributed by atoms with Crippen molar-refractivity contribution < 1.29 is 23.9 Å². The Morgan fingerprint density at radius 2 is 1.85 bits per heavy atom. The van der Waals surface area contributed by atoms with Gasteiger partial charge in [0.1, 0.15) is 16.9 Å². The quantitative estimate of drug-likeness (QED) is 0.547. The summed E-state index contributed by atoms with van der Waals surface area (Å²) in [4.78, 5) is 24.8. The van der Waals surface area contributed by atoms with Crippen LogP contribution in [0.3, 0.4) is 0 Å². The molecule has 0 spiro atoms. The van der Waals surface area contributed by atoms with E-state index in [-0.39, 0.29) is 28.3 Å². The summed E-state index contributed by atoms with van der Waals surface area (Å²) in [6.07, 6.45) is 1.26. The lowest BCUT2D eigenvalue weighted by Crippen LogP contribution is -2.62. The average molecular weight is 397 g/mol. The number of hydrogen-bond donors (Lipinski definition) is 1. The van der Waals surface area contributed by atoms with E-state index in [1.807, 2.05) is 6.92 Å². The van der Waals surface area contributed by atoms with Crippen molar-refractivity contribution in [2.45, 2.75) is 91.1 Å². The minimum absolute atomic E-state index is 0.0411. The Kier molecular flexibility index (Phi) is 5.77. The Bertz CT molecular complexity index is 658. The Hall–Kier alpha value is -1.14. The number of carbonyl (C=O) groups excluding carboxylic acids is 1. The molecule has 0 saturated heterocycles. The molecule has 1 heterocycles. The van der Waals surface area contributed by atoms with Gasteiger partial charge in [-0.15, -0.1) is 0 Å². The summed E-state index contributed by atoms with van der Waals surface area (Å²) in [7, 11) is -2.09. The average Bonchev–Trinajstić information content (AvgIpc) is 2.46. The van der Waals surface area contributed by atoms with E-state index in [1.54, 1.807) is 6.92 Å². The van der Waals surface area contributed by atoms with Crippen molar-refractivity contribution in [1.82, 2.24) is 0 Å². The second-order valence-corrected chi connectivity index (χ2v) is 15.0. The van der Waals surface area contributed by atoms with Crippen LogP contribution < -0.4 is 0 Å². The number of ether oxygens (including phenoxy) is 1. The van der Waals surface area contributed by atoms with Gasteiger partial charge in [0.25, 0.3) is 0 Å². The molecular formula is C21H36O5Si. The highest BCUT2D eigenvalue weighted by molar-refractivity contribution is 6.74. The van der Waals surface area contributed by atoms with E-state index in [9.17, 15) is 14.7 Å². The van der Waals surface area contributed by atoms with Gasteiger partial charge in [-0.1, -0.05) is 34.6 Å². The van der Waals surface area contributed by atoms with Gasteiger partial charge in [-0.2, -0.15) is 0 Å². The summed E-state index contributed by atoms with van der Waals surface area (Å²) >= 11 is 0. The highest BCUT2D eigenvalue weighted by atomic mass is 28.4. The first-order valence-corrected chi connectivity index (χ1v) is 12.9. The van der Waals surface area contributed by atoms with Crippen LogP contribution in [0.2, 0.25) is 18.1 Å². The minimum Gasteiger partial charge on any atom is -0.488 e. The number of fused-ring (bicyclic) bond motifs is 1. The summed E-state index contributed by atoms with van der Waals surface area (Å²) in [5.74, 6) is -1.08. The molecule has 4 atom stereocenters. The Morgan fingerprint density at radius 3 is 2.30 bits per heavy atom. The molecule has 1 aliphatic carbocycles. The van der Waals surface area contributed by atoms with Crippen molar-refractivity contribution in [3.8, 4) is 0 Å². The molecule has 0 aromatic rings. The van der Waals surface area contributed by atoms with Gasteiger partial charge in [-0.25, -0.2) is 4.79 Å². The topological polar surface area (TPSA) is 72.8 Å². The number of allylic oxidation sites excluding steroid dienone is 1. The van der Waals surface area contributed by atoms with Gasteiger partial charge in [0, 0.05) is 0 Å². The van der Waals surface area contributed by atoms with E-state index >= 15 is 0 Å². The number of carboxylic acid groups (broad SMARTS) is 1.